The molecule has 0 unspecified atom stereocenters. The fourth-order valence-corrected chi connectivity index (χ4v) is 3.20. The van der Waals surface area contributed by atoms with E-state index in [1.807, 2.05) is 45.0 Å². The van der Waals surface area contributed by atoms with Crippen molar-refractivity contribution in [2.24, 2.45) is 5.41 Å². The molecule has 0 atom stereocenters. The SMILES string of the molecule is CCC(C)(C)C(=O)Oc1cc2cc(S(=O)(=O)O)ccc2c2ccccc12. The highest BCUT2D eigenvalue weighted by molar-refractivity contribution is 7.85. The van der Waals surface area contributed by atoms with E-state index in [2.05, 4.69) is 0 Å². The predicted molar refractivity (Wildman–Crippen MR) is 101 cm³/mol. The van der Waals surface area contributed by atoms with Crippen molar-refractivity contribution in [3.8, 4) is 5.75 Å². The number of hydrogen-bond donors (Lipinski definition) is 1. The van der Waals surface area contributed by atoms with Gasteiger partial charge in [0.05, 0.1) is 10.3 Å². The second-order valence-corrected chi connectivity index (χ2v) is 8.33. The van der Waals surface area contributed by atoms with E-state index in [1.165, 1.54) is 12.1 Å². The van der Waals surface area contributed by atoms with E-state index in [0.717, 1.165) is 16.2 Å². The molecule has 5 nitrogen and oxygen atoms in total. The van der Waals surface area contributed by atoms with Crippen LogP contribution >= 0.6 is 0 Å². The van der Waals surface area contributed by atoms with Gasteiger partial charge in [0.2, 0.25) is 0 Å². The summed E-state index contributed by atoms with van der Waals surface area (Å²) in [5.74, 6) is 0.0163. The molecule has 1 N–H and O–H groups in total. The van der Waals surface area contributed by atoms with Gasteiger partial charge in [-0.2, -0.15) is 8.42 Å². The van der Waals surface area contributed by atoms with Crippen LogP contribution in [0.1, 0.15) is 27.2 Å². The zero-order chi connectivity index (χ0) is 19.1. The first-order valence-corrected chi connectivity index (χ1v) is 9.73. The van der Waals surface area contributed by atoms with Gasteiger partial charge in [-0.15, -0.1) is 0 Å². The third-order valence-corrected chi connectivity index (χ3v) is 5.58. The number of carbonyl (C=O) groups is 1. The van der Waals surface area contributed by atoms with Crippen LogP contribution in [0.3, 0.4) is 0 Å². The highest BCUT2D eigenvalue weighted by atomic mass is 32.2. The molecular weight excluding hydrogens is 352 g/mol. The molecule has 0 heterocycles. The molecule has 26 heavy (non-hydrogen) atoms. The van der Waals surface area contributed by atoms with Gasteiger partial charge < -0.3 is 4.74 Å². The van der Waals surface area contributed by atoms with E-state index in [1.54, 1.807) is 12.1 Å². The summed E-state index contributed by atoms with van der Waals surface area (Å²) in [6, 6.07) is 13.5. The first kappa shape index (κ1) is 18.4. The van der Waals surface area contributed by atoms with Crippen molar-refractivity contribution in [1.82, 2.24) is 0 Å². The monoisotopic (exact) mass is 372 g/mol. The highest BCUT2D eigenvalue weighted by Gasteiger charge is 2.28. The summed E-state index contributed by atoms with van der Waals surface area (Å²) >= 11 is 0. The fourth-order valence-electron chi connectivity index (χ4n) is 2.68. The zero-order valence-corrected chi connectivity index (χ0v) is 15.6. The maximum absolute atomic E-state index is 12.5. The van der Waals surface area contributed by atoms with Crippen LogP contribution in [0.15, 0.2) is 53.4 Å². The number of ether oxygens (including phenoxy) is 1. The van der Waals surface area contributed by atoms with Crippen molar-refractivity contribution in [3.63, 3.8) is 0 Å². The summed E-state index contributed by atoms with van der Waals surface area (Å²) in [6.07, 6.45) is 0.629. The van der Waals surface area contributed by atoms with Crippen molar-refractivity contribution in [2.45, 2.75) is 32.1 Å². The van der Waals surface area contributed by atoms with Crippen LogP contribution in [-0.2, 0) is 14.9 Å². The Bertz CT molecular complexity index is 1110. The van der Waals surface area contributed by atoms with Gasteiger partial charge in [0.15, 0.2) is 0 Å². The molecule has 3 rings (SSSR count). The second kappa shape index (κ2) is 6.37. The molecule has 3 aromatic carbocycles. The number of esters is 1. The summed E-state index contributed by atoms with van der Waals surface area (Å²) < 4.78 is 37.9. The fraction of sp³-hybridized carbons (Fsp3) is 0.250. The molecule has 0 bridgehead atoms. The molecule has 136 valence electrons. The number of fused-ring (bicyclic) bond motifs is 3. The summed E-state index contributed by atoms with van der Waals surface area (Å²) in [5.41, 5.74) is -0.633. The quantitative estimate of drug-likeness (QED) is 0.314. The minimum absolute atomic E-state index is 0.202. The minimum atomic E-state index is -4.32. The van der Waals surface area contributed by atoms with Gasteiger partial charge in [0, 0.05) is 5.39 Å². The summed E-state index contributed by atoms with van der Waals surface area (Å²) in [6.45, 7) is 5.54. The molecule has 0 amide bonds. The van der Waals surface area contributed by atoms with E-state index < -0.39 is 15.5 Å². The van der Waals surface area contributed by atoms with Crippen molar-refractivity contribution in [3.05, 3.63) is 48.5 Å². The molecule has 0 fully saturated rings. The maximum atomic E-state index is 12.5. The van der Waals surface area contributed by atoms with E-state index in [4.69, 9.17) is 4.74 Å². The Balaban J connectivity index is 2.25. The van der Waals surface area contributed by atoms with Gasteiger partial charge in [-0.25, -0.2) is 0 Å². The smallest absolute Gasteiger partial charge is 0.316 e. The largest absolute Gasteiger partial charge is 0.425 e. The standard InChI is InChI=1S/C20H20O5S/c1-4-20(2,3)19(21)25-18-12-13-11-14(26(22,23)24)9-10-15(13)16-7-5-6-8-17(16)18/h5-12H,4H2,1-3H3,(H,22,23,24). The number of benzene rings is 3. The zero-order valence-electron chi connectivity index (χ0n) is 14.8. The van der Waals surface area contributed by atoms with Gasteiger partial charge in [0.25, 0.3) is 10.1 Å². The normalized spacial score (nSPS) is 12.5. The third-order valence-electron chi connectivity index (χ3n) is 4.73. The second-order valence-electron chi connectivity index (χ2n) is 6.91. The van der Waals surface area contributed by atoms with Gasteiger partial charge in [-0.1, -0.05) is 37.3 Å². The van der Waals surface area contributed by atoms with Crippen molar-refractivity contribution in [2.75, 3.05) is 0 Å². The van der Waals surface area contributed by atoms with E-state index in [9.17, 15) is 17.8 Å². The van der Waals surface area contributed by atoms with Gasteiger partial charge in [-0.05, 0) is 54.6 Å². The molecule has 0 aliphatic carbocycles. The molecule has 0 saturated heterocycles. The van der Waals surface area contributed by atoms with Crippen LogP contribution in [0.5, 0.6) is 5.75 Å². The lowest BCUT2D eigenvalue weighted by Gasteiger charge is -2.21. The number of hydrogen-bond acceptors (Lipinski definition) is 4. The molecular formula is C20H20O5S. The lowest BCUT2D eigenvalue weighted by atomic mass is 9.90. The average Bonchev–Trinajstić information content (AvgIpc) is 2.60. The van der Waals surface area contributed by atoms with Crippen LogP contribution in [0.4, 0.5) is 0 Å². The lowest BCUT2D eigenvalue weighted by Crippen LogP contribution is -2.28. The Morgan fingerprint density at radius 2 is 1.69 bits per heavy atom. The lowest BCUT2D eigenvalue weighted by molar-refractivity contribution is -0.144. The first-order valence-electron chi connectivity index (χ1n) is 8.29. The predicted octanol–water partition coefficient (Wildman–Crippen LogP) is 4.58. The molecule has 6 heteroatoms. The molecule has 3 aromatic rings. The van der Waals surface area contributed by atoms with Crippen LogP contribution in [0.2, 0.25) is 0 Å². The summed E-state index contributed by atoms with van der Waals surface area (Å²) in [7, 11) is -4.32. The number of rotatable bonds is 4. The molecule has 0 radical (unpaired) electrons. The van der Waals surface area contributed by atoms with Gasteiger partial charge in [0.1, 0.15) is 5.75 Å². The molecule has 0 aliphatic rings. The maximum Gasteiger partial charge on any atom is 0.316 e. The van der Waals surface area contributed by atoms with Crippen molar-refractivity contribution in [1.29, 1.82) is 0 Å². The molecule has 0 aliphatic heterocycles. The Hall–Kier alpha value is -2.44. The summed E-state index contributed by atoms with van der Waals surface area (Å²) in [5, 5.41) is 2.97. The van der Waals surface area contributed by atoms with Crippen molar-refractivity contribution < 1.29 is 22.5 Å². The Kier molecular flexibility index (Phi) is 4.50. The third kappa shape index (κ3) is 3.30. The highest BCUT2D eigenvalue weighted by Crippen LogP contribution is 2.36. The van der Waals surface area contributed by atoms with E-state index >= 15 is 0 Å². The number of carbonyl (C=O) groups excluding carboxylic acids is 1. The van der Waals surface area contributed by atoms with Crippen LogP contribution in [0, 0.1) is 5.41 Å². The van der Waals surface area contributed by atoms with Gasteiger partial charge in [-0.3, -0.25) is 9.35 Å². The van der Waals surface area contributed by atoms with Gasteiger partial charge >= 0.3 is 5.97 Å². The van der Waals surface area contributed by atoms with Crippen LogP contribution < -0.4 is 4.74 Å². The van der Waals surface area contributed by atoms with Crippen LogP contribution in [0.25, 0.3) is 21.5 Å². The van der Waals surface area contributed by atoms with Crippen LogP contribution in [-0.4, -0.2) is 18.9 Å². The van der Waals surface area contributed by atoms with E-state index in [0.29, 0.717) is 17.6 Å². The Morgan fingerprint density at radius 3 is 2.31 bits per heavy atom. The molecule has 0 aromatic heterocycles. The van der Waals surface area contributed by atoms with E-state index in [-0.39, 0.29) is 10.9 Å². The average molecular weight is 372 g/mol. The summed E-state index contributed by atoms with van der Waals surface area (Å²) in [4.78, 5) is 12.3. The topological polar surface area (TPSA) is 80.7 Å². The minimum Gasteiger partial charge on any atom is -0.425 e. The van der Waals surface area contributed by atoms with Crippen molar-refractivity contribution >= 4 is 37.6 Å². The molecule has 0 spiro atoms. The Labute approximate surface area is 152 Å². The Morgan fingerprint density at radius 1 is 1.04 bits per heavy atom. The molecule has 0 saturated carbocycles. The first-order chi connectivity index (χ1) is 12.1.